The smallest absolute Gasteiger partial charge is 0.251 e. The van der Waals surface area contributed by atoms with Crippen LogP contribution in [-0.4, -0.2) is 25.2 Å². The normalized spacial score (nSPS) is 12.9. The van der Waals surface area contributed by atoms with E-state index in [-0.39, 0.29) is 11.6 Å². The summed E-state index contributed by atoms with van der Waals surface area (Å²) >= 11 is 6.05. The number of aromatic nitrogens is 4. The van der Waals surface area contributed by atoms with Gasteiger partial charge in [0.2, 0.25) is 0 Å². The van der Waals surface area contributed by atoms with Crippen molar-refractivity contribution >= 4 is 17.2 Å². The monoisotopic (exact) mass is 345 g/mol. The molecule has 0 bridgehead atoms. The lowest BCUT2D eigenvalue weighted by Gasteiger charge is -2.15. The molecule has 0 aliphatic carbocycles. The first-order chi connectivity index (χ1) is 11.4. The Morgan fingerprint density at radius 3 is 2.79 bits per heavy atom. The van der Waals surface area contributed by atoms with E-state index in [2.05, 4.69) is 23.9 Å². The SMILES string of the molecule is CC(C)C[C@H](N)Cn1ccc(-c2ccc3ncc(Cl)n3n2)cc1=O. The van der Waals surface area contributed by atoms with Gasteiger partial charge in [0.05, 0.1) is 11.9 Å². The van der Waals surface area contributed by atoms with E-state index in [1.807, 2.05) is 18.2 Å². The van der Waals surface area contributed by atoms with Crippen LogP contribution >= 0.6 is 11.6 Å². The number of nitrogens with zero attached hydrogens (tertiary/aromatic N) is 4. The van der Waals surface area contributed by atoms with E-state index >= 15 is 0 Å². The number of imidazole rings is 1. The number of hydrogen-bond acceptors (Lipinski definition) is 4. The lowest BCUT2D eigenvalue weighted by Crippen LogP contribution is -2.32. The van der Waals surface area contributed by atoms with Gasteiger partial charge in [-0.25, -0.2) is 9.50 Å². The number of fused-ring (bicyclic) bond motifs is 1. The quantitative estimate of drug-likeness (QED) is 0.771. The molecular formula is C17H20ClN5O. The third-order valence-corrected chi connectivity index (χ3v) is 4.08. The number of hydrogen-bond donors (Lipinski definition) is 1. The summed E-state index contributed by atoms with van der Waals surface area (Å²) in [6, 6.07) is 7.04. The molecule has 3 aromatic heterocycles. The topological polar surface area (TPSA) is 78.2 Å². The van der Waals surface area contributed by atoms with Crippen LogP contribution < -0.4 is 11.3 Å². The Bertz CT molecular complexity index is 915. The van der Waals surface area contributed by atoms with Crippen LogP contribution in [0, 0.1) is 5.92 Å². The van der Waals surface area contributed by atoms with Crippen LogP contribution in [-0.2, 0) is 6.54 Å². The van der Waals surface area contributed by atoms with Gasteiger partial charge in [-0.05, 0) is 30.5 Å². The molecule has 2 N–H and O–H groups in total. The van der Waals surface area contributed by atoms with Crippen molar-refractivity contribution in [2.75, 3.05) is 0 Å². The summed E-state index contributed by atoms with van der Waals surface area (Å²) in [7, 11) is 0. The summed E-state index contributed by atoms with van der Waals surface area (Å²) < 4.78 is 3.18. The number of rotatable bonds is 5. The van der Waals surface area contributed by atoms with Crippen LogP contribution in [0.4, 0.5) is 0 Å². The highest BCUT2D eigenvalue weighted by molar-refractivity contribution is 6.29. The van der Waals surface area contributed by atoms with Gasteiger partial charge in [-0.3, -0.25) is 4.79 Å². The van der Waals surface area contributed by atoms with E-state index in [4.69, 9.17) is 17.3 Å². The van der Waals surface area contributed by atoms with E-state index < -0.39 is 0 Å². The van der Waals surface area contributed by atoms with Gasteiger partial charge in [-0.2, -0.15) is 5.10 Å². The Hall–Kier alpha value is -2.18. The fourth-order valence-corrected chi connectivity index (χ4v) is 2.92. The van der Waals surface area contributed by atoms with Gasteiger partial charge in [0, 0.05) is 30.4 Å². The Morgan fingerprint density at radius 1 is 1.29 bits per heavy atom. The first kappa shape index (κ1) is 16.7. The molecule has 0 radical (unpaired) electrons. The highest BCUT2D eigenvalue weighted by Crippen LogP contribution is 2.18. The van der Waals surface area contributed by atoms with Crippen molar-refractivity contribution in [3.8, 4) is 11.3 Å². The van der Waals surface area contributed by atoms with Gasteiger partial charge >= 0.3 is 0 Å². The molecule has 7 heteroatoms. The van der Waals surface area contributed by atoms with Gasteiger partial charge in [0.25, 0.3) is 5.56 Å². The van der Waals surface area contributed by atoms with Crippen molar-refractivity contribution in [1.82, 2.24) is 19.2 Å². The molecule has 0 aliphatic heterocycles. The van der Waals surface area contributed by atoms with E-state index in [9.17, 15) is 4.79 Å². The van der Waals surface area contributed by atoms with Crippen LogP contribution in [0.1, 0.15) is 20.3 Å². The zero-order valence-corrected chi connectivity index (χ0v) is 14.4. The maximum atomic E-state index is 12.3. The number of pyridine rings is 1. The third kappa shape index (κ3) is 3.49. The first-order valence-electron chi connectivity index (χ1n) is 7.91. The maximum absolute atomic E-state index is 12.3. The summed E-state index contributed by atoms with van der Waals surface area (Å²) in [6.45, 7) is 4.75. The minimum Gasteiger partial charge on any atom is -0.326 e. The van der Waals surface area contributed by atoms with Crippen LogP contribution in [0.5, 0.6) is 0 Å². The molecule has 0 unspecified atom stereocenters. The van der Waals surface area contributed by atoms with Crippen LogP contribution in [0.3, 0.4) is 0 Å². The minimum absolute atomic E-state index is 0.0345. The van der Waals surface area contributed by atoms with E-state index in [0.717, 1.165) is 12.0 Å². The molecular weight excluding hydrogens is 326 g/mol. The molecule has 0 aliphatic rings. The van der Waals surface area contributed by atoms with Gasteiger partial charge in [0.15, 0.2) is 10.8 Å². The van der Waals surface area contributed by atoms with Gasteiger partial charge in [-0.15, -0.1) is 0 Å². The molecule has 0 fully saturated rings. The lowest BCUT2D eigenvalue weighted by atomic mass is 10.0. The number of halogens is 1. The average molecular weight is 346 g/mol. The van der Waals surface area contributed by atoms with Gasteiger partial charge in [-0.1, -0.05) is 25.4 Å². The molecule has 0 saturated carbocycles. The summed E-state index contributed by atoms with van der Waals surface area (Å²) in [5.41, 5.74) is 8.07. The molecule has 0 aromatic carbocycles. The van der Waals surface area contributed by atoms with Crippen LogP contribution in [0.25, 0.3) is 16.9 Å². The minimum atomic E-state index is -0.0923. The van der Waals surface area contributed by atoms with Crippen molar-refractivity contribution in [1.29, 1.82) is 0 Å². The lowest BCUT2D eigenvalue weighted by molar-refractivity contribution is 0.442. The van der Waals surface area contributed by atoms with Crippen molar-refractivity contribution in [3.63, 3.8) is 0 Å². The molecule has 6 nitrogen and oxygen atoms in total. The largest absolute Gasteiger partial charge is 0.326 e. The second kappa shape index (κ2) is 6.75. The fourth-order valence-electron chi connectivity index (χ4n) is 2.75. The van der Waals surface area contributed by atoms with Crippen LogP contribution in [0.15, 0.2) is 41.5 Å². The second-order valence-electron chi connectivity index (χ2n) is 6.37. The van der Waals surface area contributed by atoms with Crippen molar-refractivity contribution in [3.05, 3.63) is 52.2 Å². The predicted molar refractivity (Wildman–Crippen MR) is 95.1 cm³/mol. The molecule has 24 heavy (non-hydrogen) atoms. The molecule has 3 heterocycles. The van der Waals surface area contributed by atoms with E-state index in [1.54, 1.807) is 27.5 Å². The second-order valence-corrected chi connectivity index (χ2v) is 6.75. The summed E-state index contributed by atoms with van der Waals surface area (Å²) in [5, 5.41) is 4.86. The Kier molecular flexibility index (Phi) is 4.69. The molecule has 0 amide bonds. The Labute approximate surface area is 144 Å². The molecule has 3 rings (SSSR count). The van der Waals surface area contributed by atoms with E-state index in [1.165, 1.54) is 0 Å². The Morgan fingerprint density at radius 2 is 2.08 bits per heavy atom. The average Bonchev–Trinajstić information content (AvgIpc) is 2.89. The number of nitrogens with two attached hydrogens (primary N) is 1. The molecule has 0 spiro atoms. The van der Waals surface area contributed by atoms with Crippen molar-refractivity contribution in [2.24, 2.45) is 11.7 Å². The van der Waals surface area contributed by atoms with E-state index in [0.29, 0.717) is 29.0 Å². The molecule has 1 atom stereocenters. The maximum Gasteiger partial charge on any atom is 0.251 e. The highest BCUT2D eigenvalue weighted by atomic mass is 35.5. The molecule has 126 valence electrons. The first-order valence-corrected chi connectivity index (χ1v) is 8.28. The van der Waals surface area contributed by atoms with Crippen LogP contribution in [0.2, 0.25) is 5.15 Å². The summed E-state index contributed by atoms with van der Waals surface area (Å²) in [6.07, 6.45) is 4.19. The predicted octanol–water partition coefficient (Wildman–Crippen LogP) is 2.58. The van der Waals surface area contributed by atoms with Gasteiger partial charge in [0.1, 0.15) is 0 Å². The highest BCUT2D eigenvalue weighted by Gasteiger charge is 2.10. The zero-order chi connectivity index (χ0) is 17.3. The third-order valence-electron chi connectivity index (χ3n) is 3.82. The summed E-state index contributed by atoms with van der Waals surface area (Å²) in [5.74, 6) is 0.505. The zero-order valence-electron chi connectivity index (χ0n) is 13.7. The Balaban J connectivity index is 1.88. The summed E-state index contributed by atoms with van der Waals surface area (Å²) in [4.78, 5) is 16.5. The standard InChI is InChI=1S/C17H20ClN5O/c1-11(2)7-13(19)10-22-6-5-12(8-17(22)24)14-3-4-16-20-9-15(18)23(16)21-14/h3-6,8-9,11,13H,7,10,19H2,1-2H3/t13-/m0/s1. The molecule has 3 aromatic rings. The van der Waals surface area contributed by atoms with Crippen molar-refractivity contribution < 1.29 is 0 Å². The van der Waals surface area contributed by atoms with Gasteiger partial charge < -0.3 is 10.3 Å². The molecule has 0 saturated heterocycles. The fraction of sp³-hybridized carbons (Fsp3) is 0.353. The van der Waals surface area contributed by atoms with Crippen molar-refractivity contribution in [2.45, 2.75) is 32.9 Å².